The number of methoxy groups -OCH3 is 3. The van der Waals surface area contributed by atoms with E-state index in [0.29, 0.717) is 35.9 Å². The van der Waals surface area contributed by atoms with Crippen molar-refractivity contribution in [3.8, 4) is 22.9 Å². The summed E-state index contributed by atoms with van der Waals surface area (Å²) in [6.07, 6.45) is 0.645. The molecule has 152 valence electrons. The Hall–Kier alpha value is -3.55. The number of benzene rings is 2. The Labute approximate surface area is 169 Å². The van der Waals surface area contributed by atoms with Gasteiger partial charge in [-0.25, -0.2) is 4.68 Å². The second-order valence-electron chi connectivity index (χ2n) is 6.30. The standard InChI is InChI=1S/C21H24N4O4/c1-14-20(23-24-25(14)16-7-5-6-8-17(16)27-2)21(26)22-12-11-15-9-10-18(28-3)19(13-15)29-4/h5-10,13H,11-12H2,1-4H3,(H,22,26). The first-order valence-corrected chi connectivity index (χ1v) is 9.13. The van der Waals surface area contributed by atoms with E-state index < -0.39 is 0 Å². The number of para-hydroxylation sites is 2. The molecule has 8 nitrogen and oxygen atoms in total. The van der Waals surface area contributed by atoms with Crippen molar-refractivity contribution < 1.29 is 19.0 Å². The van der Waals surface area contributed by atoms with E-state index in [9.17, 15) is 4.79 Å². The van der Waals surface area contributed by atoms with Crippen molar-refractivity contribution in [3.63, 3.8) is 0 Å². The number of rotatable bonds is 8. The van der Waals surface area contributed by atoms with Crippen LogP contribution in [0.15, 0.2) is 42.5 Å². The summed E-state index contributed by atoms with van der Waals surface area (Å²) in [4.78, 5) is 12.6. The lowest BCUT2D eigenvalue weighted by Crippen LogP contribution is -2.26. The molecule has 0 saturated carbocycles. The molecule has 1 amide bonds. The van der Waals surface area contributed by atoms with Gasteiger partial charge in [0.2, 0.25) is 0 Å². The number of nitrogens with one attached hydrogen (secondary N) is 1. The third kappa shape index (κ3) is 4.31. The zero-order valence-corrected chi connectivity index (χ0v) is 16.9. The third-order valence-electron chi connectivity index (χ3n) is 4.57. The first-order chi connectivity index (χ1) is 14.1. The topological polar surface area (TPSA) is 87.5 Å². The number of hydrogen-bond donors (Lipinski definition) is 1. The second kappa shape index (κ2) is 9.09. The summed E-state index contributed by atoms with van der Waals surface area (Å²) in [5.74, 6) is 1.71. The molecule has 29 heavy (non-hydrogen) atoms. The molecule has 3 rings (SSSR count). The van der Waals surface area contributed by atoms with E-state index in [0.717, 1.165) is 11.3 Å². The molecule has 1 N–H and O–H groups in total. The summed E-state index contributed by atoms with van der Waals surface area (Å²) in [5, 5.41) is 11.1. The first kappa shape index (κ1) is 20.2. The Bertz CT molecular complexity index is 1000. The fourth-order valence-electron chi connectivity index (χ4n) is 3.01. The summed E-state index contributed by atoms with van der Waals surface area (Å²) in [6.45, 7) is 2.25. The number of ether oxygens (including phenoxy) is 3. The van der Waals surface area contributed by atoms with Crippen LogP contribution in [-0.2, 0) is 6.42 Å². The minimum absolute atomic E-state index is 0.274. The van der Waals surface area contributed by atoms with Crippen molar-refractivity contribution in [1.29, 1.82) is 0 Å². The fraction of sp³-hybridized carbons (Fsp3) is 0.286. The normalized spacial score (nSPS) is 10.5. The van der Waals surface area contributed by atoms with Crippen LogP contribution >= 0.6 is 0 Å². The summed E-state index contributed by atoms with van der Waals surface area (Å²) >= 11 is 0. The summed E-state index contributed by atoms with van der Waals surface area (Å²) in [6, 6.07) is 13.1. The molecule has 0 aliphatic carbocycles. The molecule has 0 aliphatic rings. The molecule has 3 aromatic rings. The maximum atomic E-state index is 12.6. The monoisotopic (exact) mass is 396 g/mol. The van der Waals surface area contributed by atoms with Gasteiger partial charge >= 0.3 is 0 Å². The highest BCUT2D eigenvalue weighted by Crippen LogP contribution is 2.27. The molecule has 0 spiro atoms. The molecule has 0 aliphatic heterocycles. The number of aromatic nitrogens is 3. The molecule has 8 heteroatoms. The number of amides is 1. The predicted octanol–water partition coefficient (Wildman–Crippen LogP) is 2.57. The van der Waals surface area contributed by atoms with E-state index in [2.05, 4.69) is 15.6 Å². The minimum atomic E-state index is -0.274. The van der Waals surface area contributed by atoms with Gasteiger partial charge in [0, 0.05) is 6.54 Å². The molecule has 0 radical (unpaired) electrons. The SMILES string of the molecule is COc1ccc(CCNC(=O)c2nnn(-c3ccccc3OC)c2C)cc1OC. The van der Waals surface area contributed by atoms with Crippen LogP contribution in [0.5, 0.6) is 17.2 Å². The lowest BCUT2D eigenvalue weighted by molar-refractivity contribution is 0.0948. The van der Waals surface area contributed by atoms with E-state index in [4.69, 9.17) is 14.2 Å². The quantitative estimate of drug-likeness (QED) is 0.630. The van der Waals surface area contributed by atoms with Gasteiger partial charge in [-0.2, -0.15) is 0 Å². The van der Waals surface area contributed by atoms with E-state index in [1.54, 1.807) is 32.9 Å². The van der Waals surface area contributed by atoms with Crippen molar-refractivity contribution in [2.45, 2.75) is 13.3 Å². The molecule has 0 saturated heterocycles. The van der Waals surface area contributed by atoms with Gasteiger partial charge in [-0.15, -0.1) is 5.10 Å². The van der Waals surface area contributed by atoms with Crippen molar-refractivity contribution >= 4 is 5.91 Å². The molecule has 0 unspecified atom stereocenters. The average Bonchev–Trinajstić information content (AvgIpc) is 3.14. The van der Waals surface area contributed by atoms with Gasteiger partial charge in [0.15, 0.2) is 17.2 Å². The molecule has 2 aromatic carbocycles. The average molecular weight is 396 g/mol. The van der Waals surface area contributed by atoms with Crippen LogP contribution in [0.25, 0.3) is 5.69 Å². The lowest BCUT2D eigenvalue weighted by atomic mass is 10.1. The number of hydrogen-bond acceptors (Lipinski definition) is 6. The van der Waals surface area contributed by atoms with Gasteiger partial charge in [0.25, 0.3) is 5.91 Å². The number of carbonyl (C=O) groups is 1. The van der Waals surface area contributed by atoms with Crippen molar-refractivity contribution in [1.82, 2.24) is 20.3 Å². The summed E-state index contributed by atoms with van der Waals surface area (Å²) in [5.41, 5.74) is 2.67. The highest BCUT2D eigenvalue weighted by atomic mass is 16.5. The fourth-order valence-corrected chi connectivity index (χ4v) is 3.01. The van der Waals surface area contributed by atoms with Gasteiger partial charge < -0.3 is 19.5 Å². The van der Waals surface area contributed by atoms with Gasteiger partial charge in [0.05, 0.1) is 27.0 Å². The van der Waals surface area contributed by atoms with Gasteiger partial charge in [0.1, 0.15) is 11.4 Å². The van der Waals surface area contributed by atoms with Gasteiger partial charge in [-0.3, -0.25) is 4.79 Å². The summed E-state index contributed by atoms with van der Waals surface area (Å²) in [7, 11) is 4.78. The molecule has 0 atom stereocenters. The Morgan fingerprint density at radius 1 is 1.00 bits per heavy atom. The van der Waals surface area contributed by atoms with Gasteiger partial charge in [-0.05, 0) is 43.2 Å². The van der Waals surface area contributed by atoms with Crippen LogP contribution in [0, 0.1) is 6.92 Å². The van der Waals surface area contributed by atoms with Crippen LogP contribution < -0.4 is 19.5 Å². The zero-order chi connectivity index (χ0) is 20.8. The molecule has 0 fully saturated rings. The highest BCUT2D eigenvalue weighted by molar-refractivity contribution is 5.93. The van der Waals surface area contributed by atoms with Crippen molar-refractivity contribution in [2.24, 2.45) is 0 Å². The van der Waals surface area contributed by atoms with E-state index in [1.807, 2.05) is 42.5 Å². The van der Waals surface area contributed by atoms with Gasteiger partial charge in [-0.1, -0.05) is 23.4 Å². The van der Waals surface area contributed by atoms with Crippen LogP contribution in [0.3, 0.4) is 0 Å². The Kier molecular flexibility index (Phi) is 6.33. The Morgan fingerprint density at radius 3 is 2.45 bits per heavy atom. The molecule has 1 aromatic heterocycles. The molecular weight excluding hydrogens is 372 g/mol. The minimum Gasteiger partial charge on any atom is -0.494 e. The van der Waals surface area contributed by atoms with E-state index in [-0.39, 0.29) is 11.6 Å². The van der Waals surface area contributed by atoms with Crippen LogP contribution in [0.2, 0.25) is 0 Å². The third-order valence-corrected chi connectivity index (χ3v) is 4.57. The number of carbonyl (C=O) groups excluding carboxylic acids is 1. The highest BCUT2D eigenvalue weighted by Gasteiger charge is 2.18. The molecule has 0 bridgehead atoms. The van der Waals surface area contributed by atoms with E-state index in [1.165, 1.54) is 0 Å². The maximum Gasteiger partial charge on any atom is 0.273 e. The second-order valence-corrected chi connectivity index (χ2v) is 6.30. The smallest absolute Gasteiger partial charge is 0.273 e. The van der Waals surface area contributed by atoms with Crippen LogP contribution in [-0.4, -0.2) is 48.8 Å². The Morgan fingerprint density at radius 2 is 1.72 bits per heavy atom. The maximum absolute atomic E-state index is 12.6. The van der Waals surface area contributed by atoms with E-state index >= 15 is 0 Å². The van der Waals surface area contributed by atoms with Crippen LogP contribution in [0.4, 0.5) is 0 Å². The van der Waals surface area contributed by atoms with Crippen LogP contribution in [0.1, 0.15) is 21.7 Å². The lowest BCUT2D eigenvalue weighted by Gasteiger charge is -2.10. The van der Waals surface area contributed by atoms with Crippen molar-refractivity contribution in [3.05, 3.63) is 59.4 Å². The first-order valence-electron chi connectivity index (χ1n) is 9.13. The number of nitrogens with zero attached hydrogens (tertiary/aromatic N) is 3. The largest absolute Gasteiger partial charge is 0.494 e. The van der Waals surface area contributed by atoms with Crippen molar-refractivity contribution in [2.75, 3.05) is 27.9 Å². The molecular formula is C21H24N4O4. The predicted molar refractivity (Wildman–Crippen MR) is 108 cm³/mol. The Balaban J connectivity index is 1.67. The summed E-state index contributed by atoms with van der Waals surface area (Å²) < 4.78 is 17.5. The molecule has 1 heterocycles. The zero-order valence-electron chi connectivity index (χ0n) is 16.9.